The number of aryl methyl sites for hydroxylation is 1. The van der Waals surface area contributed by atoms with Crippen molar-refractivity contribution < 1.29 is 18.0 Å². The van der Waals surface area contributed by atoms with Crippen molar-refractivity contribution in [2.45, 2.75) is 50.0 Å². The summed E-state index contributed by atoms with van der Waals surface area (Å²) in [5, 5.41) is 11.3. The molecule has 0 spiro atoms. The molecular weight excluding hydrogens is 388 g/mol. The van der Waals surface area contributed by atoms with E-state index in [1.165, 1.54) is 29.5 Å². The lowest BCUT2D eigenvalue weighted by atomic mass is 9.95. The quantitative estimate of drug-likeness (QED) is 0.839. The van der Waals surface area contributed by atoms with Crippen molar-refractivity contribution in [3.63, 3.8) is 0 Å². The summed E-state index contributed by atoms with van der Waals surface area (Å²) in [6.45, 7) is 1.76. The third-order valence-corrected chi connectivity index (χ3v) is 7.49. The molecule has 1 aromatic carbocycles. The second kappa shape index (κ2) is 6.68. The molecule has 2 heterocycles. The molecule has 1 aliphatic heterocycles. The topological polar surface area (TPSA) is 109 Å². The number of hydrogen-bond acceptors (Lipinski definition) is 7. The monoisotopic (exact) mass is 406 g/mol. The summed E-state index contributed by atoms with van der Waals surface area (Å²) < 4.78 is 27.0. The minimum absolute atomic E-state index is 0.0980. The standard InChI is InChI=1S/C17H18N4O4S2/c1-10-19-20-17(26-10)18-15(22)11-7-8-13-14(9-11)27(24,25)21(16(13)23)12-5-3-2-4-6-12/h7-9,12H,2-6H2,1H3,(H,18,20,22). The van der Waals surface area contributed by atoms with Crippen molar-refractivity contribution in [3.05, 3.63) is 34.3 Å². The van der Waals surface area contributed by atoms with Crippen LogP contribution in [0.15, 0.2) is 23.1 Å². The van der Waals surface area contributed by atoms with Crippen LogP contribution in [0.2, 0.25) is 0 Å². The zero-order valence-corrected chi connectivity index (χ0v) is 16.3. The van der Waals surface area contributed by atoms with Gasteiger partial charge in [-0.2, -0.15) is 0 Å². The highest BCUT2D eigenvalue weighted by atomic mass is 32.2. The summed E-state index contributed by atoms with van der Waals surface area (Å²) in [5.74, 6) is -0.990. The van der Waals surface area contributed by atoms with Crippen molar-refractivity contribution in [3.8, 4) is 0 Å². The fourth-order valence-corrected chi connectivity index (χ4v) is 6.01. The van der Waals surface area contributed by atoms with Gasteiger partial charge in [0.25, 0.3) is 21.8 Å². The number of amides is 2. The molecule has 1 aliphatic carbocycles. The SMILES string of the molecule is Cc1nnc(NC(=O)c2ccc3c(c2)S(=O)(=O)N(C2CCCCC2)C3=O)s1. The van der Waals surface area contributed by atoms with Crippen LogP contribution in [0.5, 0.6) is 0 Å². The summed E-state index contributed by atoms with van der Waals surface area (Å²) in [6.07, 6.45) is 4.25. The van der Waals surface area contributed by atoms with E-state index in [1.54, 1.807) is 6.92 Å². The Bertz CT molecular complexity index is 1030. The van der Waals surface area contributed by atoms with Crippen LogP contribution in [0.4, 0.5) is 5.13 Å². The average Bonchev–Trinajstić information content (AvgIpc) is 3.14. The fourth-order valence-electron chi connectivity index (χ4n) is 3.58. The molecule has 0 atom stereocenters. The molecule has 27 heavy (non-hydrogen) atoms. The fraction of sp³-hybridized carbons (Fsp3) is 0.412. The largest absolute Gasteiger partial charge is 0.296 e. The number of sulfonamides is 1. The maximum absolute atomic E-state index is 13.0. The summed E-state index contributed by atoms with van der Waals surface area (Å²) in [6, 6.07) is 3.84. The van der Waals surface area contributed by atoms with Gasteiger partial charge < -0.3 is 0 Å². The predicted molar refractivity (Wildman–Crippen MR) is 99.3 cm³/mol. The lowest BCUT2D eigenvalue weighted by Gasteiger charge is -2.29. The molecule has 8 nitrogen and oxygen atoms in total. The molecule has 142 valence electrons. The van der Waals surface area contributed by atoms with Gasteiger partial charge in [0.15, 0.2) is 0 Å². The first-order valence-electron chi connectivity index (χ1n) is 8.72. The maximum atomic E-state index is 13.0. The van der Waals surface area contributed by atoms with Gasteiger partial charge in [-0.25, -0.2) is 12.7 Å². The summed E-state index contributed by atoms with van der Waals surface area (Å²) in [7, 11) is -3.94. The molecule has 1 fully saturated rings. The van der Waals surface area contributed by atoms with Crippen molar-refractivity contribution in [2.75, 3.05) is 5.32 Å². The van der Waals surface area contributed by atoms with E-state index in [-0.39, 0.29) is 22.1 Å². The Hall–Kier alpha value is -2.33. The minimum atomic E-state index is -3.94. The van der Waals surface area contributed by atoms with Crippen LogP contribution in [-0.4, -0.2) is 40.8 Å². The first-order chi connectivity index (χ1) is 12.9. The van der Waals surface area contributed by atoms with Gasteiger partial charge in [0.1, 0.15) is 9.90 Å². The molecule has 4 rings (SSSR count). The summed E-state index contributed by atoms with van der Waals surface area (Å²) in [5.41, 5.74) is 0.285. The lowest BCUT2D eigenvalue weighted by Crippen LogP contribution is -2.40. The highest BCUT2D eigenvalue weighted by molar-refractivity contribution is 7.90. The van der Waals surface area contributed by atoms with E-state index in [0.717, 1.165) is 23.6 Å². The first kappa shape index (κ1) is 18.1. The number of carbonyl (C=O) groups is 2. The summed E-state index contributed by atoms with van der Waals surface area (Å²) >= 11 is 1.22. The number of hydrogen-bond donors (Lipinski definition) is 1. The molecule has 2 aliphatic rings. The van der Waals surface area contributed by atoms with Gasteiger partial charge in [0.2, 0.25) is 5.13 Å². The molecule has 1 N–H and O–H groups in total. The average molecular weight is 406 g/mol. The maximum Gasteiger partial charge on any atom is 0.269 e. The zero-order chi connectivity index (χ0) is 19.2. The third-order valence-electron chi connectivity index (χ3n) is 4.86. The normalized spacial score (nSPS) is 19.1. The van der Waals surface area contributed by atoms with Gasteiger partial charge in [-0.3, -0.25) is 14.9 Å². The number of anilines is 1. The Morgan fingerprint density at radius 3 is 2.63 bits per heavy atom. The van der Waals surface area contributed by atoms with Crippen molar-refractivity contribution >= 4 is 38.3 Å². The third kappa shape index (κ3) is 3.12. The molecule has 0 radical (unpaired) electrons. The van der Waals surface area contributed by atoms with Gasteiger partial charge in [0, 0.05) is 11.6 Å². The molecule has 2 aromatic rings. The van der Waals surface area contributed by atoms with Crippen molar-refractivity contribution in [1.82, 2.24) is 14.5 Å². The van der Waals surface area contributed by atoms with E-state index in [4.69, 9.17) is 0 Å². The molecule has 1 saturated carbocycles. The predicted octanol–water partition coefficient (Wildman–Crippen LogP) is 2.58. The second-order valence-electron chi connectivity index (χ2n) is 6.69. The lowest BCUT2D eigenvalue weighted by molar-refractivity contribution is 0.0809. The van der Waals surface area contributed by atoms with Crippen LogP contribution in [0.1, 0.15) is 57.8 Å². The van der Waals surface area contributed by atoms with Crippen molar-refractivity contribution in [2.24, 2.45) is 0 Å². The molecule has 1 aromatic heterocycles. The second-order valence-corrected chi connectivity index (χ2v) is 9.65. The van der Waals surface area contributed by atoms with E-state index in [0.29, 0.717) is 23.0 Å². The molecule has 0 saturated heterocycles. The Morgan fingerprint density at radius 1 is 1.22 bits per heavy atom. The van der Waals surface area contributed by atoms with Crippen LogP contribution in [0.25, 0.3) is 0 Å². The van der Waals surface area contributed by atoms with E-state index < -0.39 is 21.8 Å². The van der Waals surface area contributed by atoms with Gasteiger partial charge in [-0.15, -0.1) is 10.2 Å². The number of aromatic nitrogens is 2. The molecule has 2 amide bonds. The molecule has 10 heteroatoms. The van der Waals surface area contributed by atoms with Gasteiger partial charge in [-0.1, -0.05) is 30.6 Å². The zero-order valence-electron chi connectivity index (χ0n) is 14.6. The Kier molecular flexibility index (Phi) is 4.47. The van der Waals surface area contributed by atoms with E-state index >= 15 is 0 Å². The number of benzene rings is 1. The number of nitrogens with one attached hydrogen (secondary N) is 1. The Balaban J connectivity index is 1.65. The first-order valence-corrected chi connectivity index (χ1v) is 11.0. The number of rotatable bonds is 3. The highest BCUT2D eigenvalue weighted by Gasteiger charge is 2.45. The smallest absolute Gasteiger partial charge is 0.269 e. The molecular formula is C17H18N4O4S2. The van der Waals surface area contributed by atoms with Crippen molar-refractivity contribution in [1.29, 1.82) is 0 Å². The van der Waals surface area contributed by atoms with Crippen LogP contribution in [0.3, 0.4) is 0 Å². The van der Waals surface area contributed by atoms with E-state index in [2.05, 4.69) is 15.5 Å². The van der Waals surface area contributed by atoms with Gasteiger partial charge in [-0.05, 0) is 38.0 Å². The number of fused-ring (bicyclic) bond motifs is 1. The van der Waals surface area contributed by atoms with Crippen LogP contribution < -0.4 is 5.32 Å². The number of carbonyl (C=O) groups excluding carboxylic acids is 2. The van der Waals surface area contributed by atoms with Crippen LogP contribution >= 0.6 is 11.3 Å². The van der Waals surface area contributed by atoms with Crippen LogP contribution in [0, 0.1) is 6.92 Å². The van der Waals surface area contributed by atoms with Gasteiger partial charge in [0.05, 0.1) is 5.56 Å². The van der Waals surface area contributed by atoms with E-state index in [9.17, 15) is 18.0 Å². The Labute approximate surface area is 160 Å². The Morgan fingerprint density at radius 2 is 1.96 bits per heavy atom. The van der Waals surface area contributed by atoms with Gasteiger partial charge >= 0.3 is 0 Å². The molecule has 0 bridgehead atoms. The molecule has 0 unspecified atom stereocenters. The highest BCUT2D eigenvalue weighted by Crippen LogP contribution is 2.36. The van der Waals surface area contributed by atoms with Crippen LogP contribution in [-0.2, 0) is 10.0 Å². The minimum Gasteiger partial charge on any atom is -0.296 e. The van der Waals surface area contributed by atoms with E-state index in [1.807, 2.05) is 0 Å². The number of nitrogens with zero attached hydrogens (tertiary/aromatic N) is 3. The summed E-state index contributed by atoms with van der Waals surface area (Å²) in [4.78, 5) is 25.1.